The van der Waals surface area contributed by atoms with Gasteiger partial charge in [-0.15, -0.1) is 12.3 Å². The van der Waals surface area contributed by atoms with Crippen LogP contribution in [0.3, 0.4) is 0 Å². The van der Waals surface area contributed by atoms with Gasteiger partial charge in [-0.25, -0.2) is 0 Å². The minimum Gasteiger partial charge on any atom is -0.338 e. The van der Waals surface area contributed by atoms with E-state index in [1.807, 2.05) is 6.26 Å². The predicted octanol–water partition coefficient (Wildman–Crippen LogP) is 0.956. The molecule has 1 atom stereocenters. The molecular weight excluding hydrogens is 186 g/mol. The number of nitrogens with two attached hydrogens (primary N) is 1. The second-order valence-corrected chi connectivity index (χ2v) is 3.36. The zero-order valence-electron chi connectivity index (χ0n) is 7.36. The Labute approximate surface area is 81.3 Å². The van der Waals surface area contributed by atoms with Crippen molar-refractivity contribution in [2.24, 2.45) is 5.73 Å². The molecule has 70 valence electrons. The molecule has 0 saturated heterocycles. The van der Waals surface area contributed by atoms with E-state index in [1.165, 1.54) is 0 Å². The van der Waals surface area contributed by atoms with Gasteiger partial charge in [-0.05, 0) is 6.26 Å². The highest BCUT2D eigenvalue weighted by Gasteiger charge is 2.12. The predicted molar refractivity (Wildman–Crippen MR) is 51.9 cm³/mol. The molecule has 2 N–H and O–H groups in total. The van der Waals surface area contributed by atoms with Crippen LogP contribution < -0.4 is 5.73 Å². The van der Waals surface area contributed by atoms with Crippen LogP contribution in [0.25, 0.3) is 0 Å². The second-order valence-electron chi connectivity index (χ2n) is 2.50. The fourth-order valence-electron chi connectivity index (χ4n) is 0.820. The molecule has 0 bridgehead atoms. The zero-order chi connectivity index (χ0) is 9.68. The van der Waals surface area contributed by atoms with Gasteiger partial charge in [0.05, 0.1) is 11.8 Å². The van der Waals surface area contributed by atoms with Crippen LogP contribution in [0.1, 0.15) is 24.2 Å². The summed E-state index contributed by atoms with van der Waals surface area (Å²) in [6.07, 6.45) is 7.50. The molecule has 0 aromatic carbocycles. The van der Waals surface area contributed by atoms with Gasteiger partial charge in [-0.3, -0.25) is 0 Å². The van der Waals surface area contributed by atoms with Gasteiger partial charge in [0, 0.05) is 6.42 Å². The first kappa shape index (κ1) is 10.1. The average Bonchev–Trinajstić information content (AvgIpc) is 2.54. The van der Waals surface area contributed by atoms with E-state index in [0.29, 0.717) is 18.1 Å². The standard InChI is InChI=1S/C8H11N3OS/c1-3-4-6(9)8-10-7(5-13-2)11-12-8/h1,6H,4-5,9H2,2H3. The van der Waals surface area contributed by atoms with Gasteiger partial charge in [0.1, 0.15) is 0 Å². The van der Waals surface area contributed by atoms with Crippen LogP contribution in [-0.4, -0.2) is 16.4 Å². The third-order valence-corrected chi connectivity index (χ3v) is 1.96. The molecule has 1 heterocycles. The molecular formula is C8H11N3OS. The smallest absolute Gasteiger partial charge is 0.244 e. The number of aromatic nitrogens is 2. The maximum absolute atomic E-state index is 5.67. The van der Waals surface area contributed by atoms with E-state index in [1.54, 1.807) is 11.8 Å². The van der Waals surface area contributed by atoms with Crippen molar-refractivity contribution in [3.05, 3.63) is 11.7 Å². The Morgan fingerprint density at radius 1 is 1.77 bits per heavy atom. The number of hydrogen-bond acceptors (Lipinski definition) is 5. The number of terminal acetylenes is 1. The van der Waals surface area contributed by atoms with Gasteiger partial charge in [0.25, 0.3) is 0 Å². The zero-order valence-corrected chi connectivity index (χ0v) is 8.17. The molecule has 5 heteroatoms. The summed E-state index contributed by atoms with van der Waals surface area (Å²) in [7, 11) is 0. The second kappa shape index (κ2) is 4.90. The normalized spacial score (nSPS) is 12.4. The molecule has 4 nitrogen and oxygen atoms in total. The lowest BCUT2D eigenvalue weighted by Crippen LogP contribution is -2.09. The first-order chi connectivity index (χ1) is 6.27. The molecule has 1 unspecified atom stereocenters. The largest absolute Gasteiger partial charge is 0.338 e. The molecule has 0 aliphatic carbocycles. The number of rotatable bonds is 4. The molecule has 0 fully saturated rings. The van der Waals surface area contributed by atoms with Gasteiger partial charge in [-0.2, -0.15) is 16.7 Å². The van der Waals surface area contributed by atoms with Gasteiger partial charge in [-0.1, -0.05) is 5.16 Å². The van der Waals surface area contributed by atoms with Crippen molar-refractivity contribution in [1.29, 1.82) is 0 Å². The van der Waals surface area contributed by atoms with Crippen LogP contribution in [0.4, 0.5) is 0 Å². The van der Waals surface area contributed by atoms with E-state index in [2.05, 4.69) is 16.1 Å². The van der Waals surface area contributed by atoms with Crippen LogP contribution in [0.2, 0.25) is 0 Å². The summed E-state index contributed by atoms with van der Waals surface area (Å²) in [5, 5.41) is 3.75. The Hall–Kier alpha value is -0.990. The molecule has 13 heavy (non-hydrogen) atoms. The Bertz CT molecular complexity index is 305. The van der Waals surface area contributed by atoms with Crippen LogP contribution in [0.5, 0.6) is 0 Å². The van der Waals surface area contributed by atoms with Gasteiger partial charge in [0.2, 0.25) is 5.89 Å². The molecule has 1 aromatic heterocycles. The fourth-order valence-corrected chi connectivity index (χ4v) is 1.20. The fraction of sp³-hybridized carbons (Fsp3) is 0.500. The van der Waals surface area contributed by atoms with E-state index in [9.17, 15) is 0 Å². The summed E-state index contributed by atoms with van der Waals surface area (Å²) in [4.78, 5) is 4.10. The molecule has 0 amide bonds. The minimum absolute atomic E-state index is 0.340. The first-order valence-corrected chi connectivity index (χ1v) is 5.17. The Morgan fingerprint density at radius 2 is 2.54 bits per heavy atom. The SMILES string of the molecule is C#CCC(N)c1nc(CSC)no1. The van der Waals surface area contributed by atoms with E-state index in [-0.39, 0.29) is 6.04 Å². The van der Waals surface area contributed by atoms with E-state index < -0.39 is 0 Å². The van der Waals surface area contributed by atoms with Crippen LogP contribution in [-0.2, 0) is 5.75 Å². The molecule has 0 aliphatic rings. The molecule has 0 aliphatic heterocycles. The molecule has 0 spiro atoms. The highest BCUT2D eigenvalue weighted by molar-refractivity contribution is 7.97. The maximum atomic E-state index is 5.67. The molecule has 0 saturated carbocycles. The average molecular weight is 197 g/mol. The number of hydrogen-bond donors (Lipinski definition) is 1. The first-order valence-electron chi connectivity index (χ1n) is 3.78. The molecule has 0 radical (unpaired) electrons. The van der Waals surface area contributed by atoms with Crippen molar-refractivity contribution in [2.45, 2.75) is 18.2 Å². The maximum Gasteiger partial charge on any atom is 0.244 e. The Balaban J connectivity index is 2.63. The lowest BCUT2D eigenvalue weighted by molar-refractivity contribution is 0.353. The quantitative estimate of drug-likeness (QED) is 0.728. The van der Waals surface area contributed by atoms with E-state index in [0.717, 1.165) is 5.75 Å². The Kier molecular flexibility index (Phi) is 3.80. The van der Waals surface area contributed by atoms with Crippen molar-refractivity contribution in [3.8, 4) is 12.3 Å². The topological polar surface area (TPSA) is 64.9 Å². The van der Waals surface area contributed by atoms with Crippen molar-refractivity contribution in [1.82, 2.24) is 10.1 Å². The van der Waals surface area contributed by atoms with Gasteiger partial charge >= 0.3 is 0 Å². The van der Waals surface area contributed by atoms with E-state index in [4.69, 9.17) is 16.7 Å². The van der Waals surface area contributed by atoms with Crippen molar-refractivity contribution in [3.63, 3.8) is 0 Å². The van der Waals surface area contributed by atoms with Gasteiger partial charge in [0.15, 0.2) is 5.82 Å². The van der Waals surface area contributed by atoms with Crippen LogP contribution >= 0.6 is 11.8 Å². The lowest BCUT2D eigenvalue weighted by Gasteiger charge is -1.98. The summed E-state index contributed by atoms with van der Waals surface area (Å²) >= 11 is 1.63. The third kappa shape index (κ3) is 2.76. The lowest BCUT2D eigenvalue weighted by atomic mass is 10.2. The summed E-state index contributed by atoms with van der Waals surface area (Å²) in [5.74, 6) is 4.26. The summed E-state index contributed by atoms with van der Waals surface area (Å²) in [6, 6.07) is -0.340. The van der Waals surface area contributed by atoms with Crippen molar-refractivity contribution in [2.75, 3.05) is 6.26 Å². The number of thioether (sulfide) groups is 1. The van der Waals surface area contributed by atoms with Crippen LogP contribution in [0.15, 0.2) is 4.52 Å². The van der Waals surface area contributed by atoms with Crippen LogP contribution in [0, 0.1) is 12.3 Å². The van der Waals surface area contributed by atoms with Gasteiger partial charge < -0.3 is 10.3 Å². The highest BCUT2D eigenvalue weighted by atomic mass is 32.2. The highest BCUT2D eigenvalue weighted by Crippen LogP contribution is 2.12. The van der Waals surface area contributed by atoms with Crippen molar-refractivity contribution >= 4 is 11.8 Å². The summed E-state index contributed by atoms with van der Waals surface area (Å²) in [5.41, 5.74) is 5.67. The number of nitrogens with zero attached hydrogens (tertiary/aromatic N) is 2. The molecule has 1 aromatic rings. The third-order valence-electron chi connectivity index (χ3n) is 1.41. The minimum atomic E-state index is -0.340. The van der Waals surface area contributed by atoms with E-state index >= 15 is 0 Å². The summed E-state index contributed by atoms with van der Waals surface area (Å²) < 4.78 is 4.94. The summed E-state index contributed by atoms with van der Waals surface area (Å²) in [6.45, 7) is 0. The van der Waals surface area contributed by atoms with Crippen molar-refractivity contribution < 1.29 is 4.52 Å². The Morgan fingerprint density at radius 3 is 3.15 bits per heavy atom. The monoisotopic (exact) mass is 197 g/mol. The molecule has 1 rings (SSSR count).